The Morgan fingerprint density at radius 2 is 1.86 bits per heavy atom. The summed E-state index contributed by atoms with van der Waals surface area (Å²) in [5.41, 5.74) is 1.95. The van der Waals surface area contributed by atoms with Gasteiger partial charge in [0.15, 0.2) is 0 Å². The molecule has 2 rings (SSSR count). The number of likely N-dealkylation sites (tertiary alicyclic amines) is 1. The second-order valence-corrected chi connectivity index (χ2v) is 6.66. The molecule has 1 heterocycles. The van der Waals surface area contributed by atoms with Crippen molar-refractivity contribution in [3.8, 4) is 5.75 Å². The van der Waals surface area contributed by atoms with E-state index in [0.717, 1.165) is 16.9 Å². The Hall–Kier alpha value is -1.32. The second-order valence-electron chi connectivity index (χ2n) is 6.66. The second kappa shape index (κ2) is 7.80. The summed E-state index contributed by atoms with van der Waals surface area (Å²) in [5, 5.41) is 10.5. The number of β-amino-alcohol motifs (C(OH)–C–C–N with tert-alkyl or cyclic N) is 1. The van der Waals surface area contributed by atoms with Crippen molar-refractivity contribution >= 4 is 0 Å². The van der Waals surface area contributed by atoms with Crippen molar-refractivity contribution in [1.82, 2.24) is 4.90 Å². The van der Waals surface area contributed by atoms with Gasteiger partial charge in [-0.1, -0.05) is 25.1 Å². The van der Waals surface area contributed by atoms with Gasteiger partial charge in [-0.2, -0.15) is 0 Å². The molecule has 0 aliphatic carbocycles. The molecule has 3 heteroatoms. The molecule has 122 valence electrons. The van der Waals surface area contributed by atoms with Gasteiger partial charge in [0.05, 0.1) is 6.10 Å². The maximum Gasteiger partial charge on any atom is 0.119 e. The van der Waals surface area contributed by atoms with E-state index in [-0.39, 0.29) is 0 Å². The highest BCUT2D eigenvalue weighted by molar-refractivity contribution is 5.29. The average molecular weight is 303 g/mol. The number of aliphatic hydroxyl groups is 1. The lowest BCUT2D eigenvalue weighted by atomic mass is 9.96. The van der Waals surface area contributed by atoms with Crippen LogP contribution in [0.1, 0.15) is 51.7 Å². The highest BCUT2D eigenvalue weighted by atomic mass is 16.5. The van der Waals surface area contributed by atoms with E-state index >= 15 is 0 Å². The topological polar surface area (TPSA) is 32.7 Å². The number of benzene rings is 1. The van der Waals surface area contributed by atoms with Crippen LogP contribution in [0.3, 0.4) is 0 Å². The molecule has 22 heavy (non-hydrogen) atoms. The highest BCUT2D eigenvalue weighted by Gasteiger charge is 2.26. The van der Waals surface area contributed by atoms with Crippen LogP contribution in [0.15, 0.2) is 36.4 Å². The van der Waals surface area contributed by atoms with Crippen LogP contribution in [0.4, 0.5) is 0 Å². The third kappa shape index (κ3) is 4.59. The number of aliphatic hydroxyl groups excluding tert-OH is 1. The first-order valence-corrected chi connectivity index (χ1v) is 8.28. The fraction of sp³-hybridized carbons (Fsp3) is 0.579. The van der Waals surface area contributed by atoms with Gasteiger partial charge in [-0.25, -0.2) is 0 Å². The van der Waals surface area contributed by atoms with Crippen molar-refractivity contribution < 1.29 is 9.84 Å². The van der Waals surface area contributed by atoms with E-state index in [1.165, 1.54) is 19.3 Å². The number of nitrogens with zero attached hydrogens (tertiary/aromatic N) is 1. The summed E-state index contributed by atoms with van der Waals surface area (Å²) in [7, 11) is 0. The molecule has 0 amide bonds. The van der Waals surface area contributed by atoms with E-state index in [0.29, 0.717) is 25.2 Å². The van der Waals surface area contributed by atoms with Crippen molar-refractivity contribution in [2.24, 2.45) is 0 Å². The third-order valence-electron chi connectivity index (χ3n) is 4.51. The normalized spacial score (nSPS) is 24.0. The fourth-order valence-electron chi connectivity index (χ4n) is 3.13. The quantitative estimate of drug-likeness (QED) is 0.808. The maximum absolute atomic E-state index is 10.5. The van der Waals surface area contributed by atoms with E-state index < -0.39 is 6.10 Å². The predicted molar refractivity (Wildman–Crippen MR) is 91.2 cm³/mol. The lowest BCUT2D eigenvalue weighted by Crippen LogP contribution is -2.45. The molecule has 0 saturated carbocycles. The van der Waals surface area contributed by atoms with Crippen molar-refractivity contribution in [2.45, 2.75) is 58.2 Å². The first-order chi connectivity index (χ1) is 10.5. The molecule has 0 bridgehead atoms. The number of rotatable bonds is 6. The summed E-state index contributed by atoms with van der Waals surface area (Å²) in [4.78, 5) is 2.43. The largest absolute Gasteiger partial charge is 0.489 e. The van der Waals surface area contributed by atoms with Gasteiger partial charge in [-0.15, -0.1) is 0 Å². The minimum atomic E-state index is -0.446. The molecule has 3 unspecified atom stereocenters. The molecular weight excluding hydrogens is 274 g/mol. The summed E-state index contributed by atoms with van der Waals surface area (Å²) in [6, 6.07) is 8.86. The number of hydrogen-bond donors (Lipinski definition) is 1. The van der Waals surface area contributed by atoms with Crippen LogP contribution in [-0.4, -0.2) is 35.2 Å². The summed E-state index contributed by atoms with van der Waals surface area (Å²) in [6.45, 7) is 11.5. The van der Waals surface area contributed by atoms with Crippen molar-refractivity contribution in [1.29, 1.82) is 0 Å². The Balaban J connectivity index is 1.94. The zero-order valence-electron chi connectivity index (χ0n) is 14.1. The van der Waals surface area contributed by atoms with Crippen LogP contribution in [0.5, 0.6) is 5.75 Å². The van der Waals surface area contributed by atoms with Gasteiger partial charge < -0.3 is 9.84 Å². The van der Waals surface area contributed by atoms with Gasteiger partial charge in [-0.05, 0) is 56.9 Å². The Kier molecular flexibility index (Phi) is 6.04. The molecule has 0 aromatic heterocycles. The van der Waals surface area contributed by atoms with Gasteiger partial charge in [0.1, 0.15) is 12.4 Å². The molecule has 3 atom stereocenters. The van der Waals surface area contributed by atoms with Crippen molar-refractivity contribution in [2.75, 3.05) is 13.2 Å². The predicted octanol–water partition coefficient (Wildman–Crippen LogP) is 3.94. The van der Waals surface area contributed by atoms with E-state index in [1.54, 1.807) is 0 Å². The fourth-order valence-corrected chi connectivity index (χ4v) is 3.13. The van der Waals surface area contributed by atoms with Crippen molar-refractivity contribution in [3.05, 3.63) is 42.0 Å². The van der Waals surface area contributed by atoms with Crippen LogP contribution in [0, 0.1) is 0 Å². The lowest BCUT2D eigenvalue weighted by molar-refractivity contribution is 0.0411. The van der Waals surface area contributed by atoms with Gasteiger partial charge in [0.25, 0.3) is 0 Å². The van der Waals surface area contributed by atoms with Crippen LogP contribution in [-0.2, 0) is 0 Å². The molecular formula is C19H29NO2. The molecule has 1 aromatic rings. The minimum Gasteiger partial charge on any atom is -0.489 e. The van der Waals surface area contributed by atoms with Crippen LogP contribution in [0.25, 0.3) is 0 Å². The molecule has 1 N–H and O–H groups in total. The molecule has 1 saturated heterocycles. The molecule has 0 radical (unpaired) electrons. The Labute approximate surface area is 134 Å². The summed E-state index contributed by atoms with van der Waals surface area (Å²) in [5.74, 6) is 0.818. The Morgan fingerprint density at radius 1 is 1.27 bits per heavy atom. The van der Waals surface area contributed by atoms with E-state index in [2.05, 4.69) is 25.3 Å². The standard InChI is InChI=1S/C19H29NO2/c1-14(2)13-22-18-10-8-17(9-11-18)19(21)12-20-15(3)6-5-7-16(20)4/h8-11,15-16,19,21H,1,5-7,12-13H2,2-4H3. The molecule has 3 nitrogen and oxygen atoms in total. The minimum absolute atomic E-state index is 0.446. The zero-order chi connectivity index (χ0) is 16.1. The van der Waals surface area contributed by atoms with Gasteiger partial charge in [-0.3, -0.25) is 4.90 Å². The number of hydrogen-bond acceptors (Lipinski definition) is 3. The van der Waals surface area contributed by atoms with E-state index in [9.17, 15) is 5.11 Å². The molecule has 1 aliphatic rings. The highest BCUT2D eigenvalue weighted by Crippen LogP contribution is 2.26. The molecule has 1 fully saturated rings. The Bertz CT molecular complexity index is 473. The first-order valence-electron chi connectivity index (χ1n) is 8.28. The summed E-state index contributed by atoms with van der Waals surface area (Å²) in [6.07, 6.45) is 3.30. The van der Waals surface area contributed by atoms with E-state index in [1.807, 2.05) is 31.2 Å². The Morgan fingerprint density at radius 3 is 2.41 bits per heavy atom. The van der Waals surface area contributed by atoms with Gasteiger partial charge >= 0.3 is 0 Å². The molecule has 1 aliphatic heterocycles. The number of piperidine rings is 1. The lowest BCUT2D eigenvalue weighted by Gasteiger charge is -2.40. The molecule has 0 spiro atoms. The first kappa shape index (κ1) is 17.0. The van der Waals surface area contributed by atoms with E-state index in [4.69, 9.17) is 4.74 Å². The van der Waals surface area contributed by atoms with Crippen LogP contribution >= 0.6 is 0 Å². The molecule has 1 aromatic carbocycles. The monoisotopic (exact) mass is 303 g/mol. The maximum atomic E-state index is 10.5. The summed E-state index contributed by atoms with van der Waals surface area (Å²) >= 11 is 0. The summed E-state index contributed by atoms with van der Waals surface area (Å²) < 4.78 is 5.59. The smallest absolute Gasteiger partial charge is 0.119 e. The SMILES string of the molecule is C=C(C)COc1ccc(C(O)CN2C(C)CCCC2C)cc1. The zero-order valence-corrected chi connectivity index (χ0v) is 14.1. The van der Waals surface area contributed by atoms with Crippen molar-refractivity contribution in [3.63, 3.8) is 0 Å². The average Bonchev–Trinajstić information content (AvgIpc) is 2.49. The van der Waals surface area contributed by atoms with Gasteiger partial charge in [0.2, 0.25) is 0 Å². The third-order valence-corrected chi connectivity index (χ3v) is 4.51. The van der Waals surface area contributed by atoms with Crippen LogP contribution in [0.2, 0.25) is 0 Å². The number of ether oxygens (including phenoxy) is 1. The van der Waals surface area contributed by atoms with Gasteiger partial charge in [0, 0.05) is 18.6 Å². The van der Waals surface area contributed by atoms with Crippen LogP contribution < -0.4 is 4.74 Å².